The monoisotopic (exact) mass is 368 g/mol. The van der Waals surface area contributed by atoms with Crippen molar-refractivity contribution >= 4 is 17.5 Å². The number of rotatable bonds is 3. The summed E-state index contributed by atoms with van der Waals surface area (Å²) in [5.41, 5.74) is 0.0255. The van der Waals surface area contributed by atoms with Gasteiger partial charge in [-0.15, -0.1) is 0 Å². The zero-order chi connectivity index (χ0) is 19.0. The highest BCUT2D eigenvalue weighted by Crippen LogP contribution is 2.61. The van der Waals surface area contributed by atoms with Gasteiger partial charge in [0.25, 0.3) is 0 Å². The first kappa shape index (κ1) is 16.5. The Labute approximate surface area is 156 Å². The second-order valence-electron chi connectivity index (χ2n) is 7.92. The van der Waals surface area contributed by atoms with E-state index < -0.39 is 23.0 Å². The predicted octanol–water partition coefficient (Wildman–Crippen LogP) is 2.80. The van der Waals surface area contributed by atoms with Crippen molar-refractivity contribution in [1.82, 2.24) is 4.98 Å². The van der Waals surface area contributed by atoms with Crippen LogP contribution in [0.5, 0.6) is 5.75 Å². The topological polar surface area (TPSA) is 81.9 Å². The van der Waals surface area contributed by atoms with Gasteiger partial charge in [0.1, 0.15) is 12.0 Å². The summed E-state index contributed by atoms with van der Waals surface area (Å²) in [6, 6.07) is 5.17. The van der Waals surface area contributed by atoms with Crippen LogP contribution in [0.2, 0.25) is 0 Å². The van der Waals surface area contributed by atoms with E-state index in [9.17, 15) is 9.59 Å². The van der Waals surface area contributed by atoms with E-state index in [1.54, 1.807) is 24.4 Å². The zero-order valence-electron chi connectivity index (χ0n) is 15.4. The first-order valence-corrected chi connectivity index (χ1v) is 9.04. The second kappa shape index (κ2) is 5.19. The van der Waals surface area contributed by atoms with Crippen molar-refractivity contribution in [3.05, 3.63) is 30.7 Å². The minimum absolute atomic E-state index is 0.193. The van der Waals surface area contributed by atoms with Crippen molar-refractivity contribution in [3.63, 3.8) is 0 Å². The molecule has 140 valence electrons. The maximum atomic E-state index is 13.2. The number of carbonyl (C=O) groups is 2. The number of hydrogen-bond acceptors (Lipinski definition) is 6. The molecule has 4 unspecified atom stereocenters. The standard InChI is InChI=1S/C20H20N2O5/c1-19-6-7-20(2,27-19)15-14(19)17(23)22(18(15)24)11-4-5-12(13(10-11)25-3)16-21-8-9-26-16/h4-5,8-10,14-15H,6-7H2,1-3H3. The van der Waals surface area contributed by atoms with Crippen molar-refractivity contribution < 1.29 is 23.5 Å². The minimum atomic E-state index is -0.566. The smallest absolute Gasteiger partial charge is 0.240 e. The molecule has 0 spiro atoms. The van der Waals surface area contributed by atoms with Gasteiger partial charge in [-0.3, -0.25) is 9.59 Å². The molecule has 3 fully saturated rings. The van der Waals surface area contributed by atoms with Gasteiger partial charge in [0.2, 0.25) is 17.7 Å². The van der Waals surface area contributed by atoms with E-state index in [0.29, 0.717) is 22.9 Å². The number of ether oxygens (including phenoxy) is 2. The number of fused-ring (bicyclic) bond motifs is 5. The number of carbonyl (C=O) groups excluding carboxylic acids is 2. The molecule has 0 radical (unpaired) electrons. The summed E-state index contributed by atoms with van der Waals surface area (Å²) in [7, 11) is 1.53. The Hall–Kier alpha value is -2.67. The molecule has 7 nitrogen and oxygen atoms in total. The molecule has 4 atom stereocenters. The fourth-order valence-electron chi connectivity index (χ4n) is 5.08. The molecule has 3 saturated heterocycles. The van der Waals surface area contributed by atoms with Crippen molar-refractivity contribution in [2.45, 2.75) is 37.9 Å². The predicted molar refractivity (Wildman–Crippen MR) is 95.1 cm³/mol. The highest BCUT2D eigenvalue weighted by atomic mass is 16.5. The van der Waals surface area contributed by atoms with Crippen LogP contribution in [-0.4, -0.2) is 35.1 Å². The second-order valence-corrected chi connectivity index (χ2v) is 7.92. The molecule has 0 saturated carbocycles. The fraction of sp³-hybridized carbons (Fsp3) is 0.450. The highest BCUT2D eigenvalue weighted by Gasteiger charge is 2.72. The first-order chi connectivity index (χ1) is 12.9. The van der Waals surface area contributed by atoms with E-state index in [2.05, 4.69) is 4.98 Å². The lowest BCUT2D eigenvalue weighted by Gasteiger charge is -2.27. The SMILES string of the molecule is COc1cc(N2C(=O)C3C(C2=O)C2(C)CCC3(C)O2)ccc1-c1ncco1. The summed E-state index contributed by atoms with van der Waals surface area (Å²) < 4.78 is 16.9. The normalized spacial score (nSPS) is 34.4. The van der Waals surface area contributed by atoms with Crippen LogP contribution >= 0.6 is 0 Å². The van der Waals surface area contributed by atoms with Gasteiger partial charge in [-0.2, -0.15) is 0 Å². The quantitative estimate of drug-likeness (QED) is 0.775. The van der Waals surface area contributed by atoms with Crippen LogP contribution in [0.3, 0.4) is 0 Å². The molecule has 7 heteroatoms. The van der Waals surface area contributed by atoms with Crippen LogP contribution in [0.25, 0.3) is 11.5 Å². The Morgan fingerprint density at radius 3 is 2.37 bits per heavy atom. The van der Waals surface area contributed by atoms with Crippen molar-refractivity contribution in [3.8, 4) is 17.2 Å². The van der Waals surface area contributed by atoms with Crippen LogP contribution in [-0.2, 0) is 14.3 Å². The Morgan fingerprint density at radius 2 is 1.81 bits per heavy atom. The molecule has 0 aliphatic carbocycles. The molecule has 2 bridgehead atoms. The number of oxazole rings is 1. The summed E-state index contributed by atoms with van der Waals surface area (Å²) in [5, 5.41) is 0. The third-order valence-electron chi connectivity index (χ3n) is 6.31. The lowest BCUT2D eigenvalue weighted by atomic mass is 9.69. The fourth-order valence-corrected chi connectivity index (χ4v) is 5.08. The highest BCUT2D eigenvalue weighted by molar-refractivity contribution is 6.23. The lowest BCUT2D eigenvalue weighted by Crippen LogP contribution is -2.40. The number of amides is 2. The Kier molecular flexibility index (Phi) is 3.17. The van der Waals surface area contributed by atoms with Crippen LogP contribution in [0, 0.1) is 11.8 Å². The van der Waals surface area contributed by atoms with Gasteiger partial charge in [-0.25, -0.2) is 9.88 Å². The van der Waals surface area contributed by atoms with E-state index >= 15 is 0 Å². The molecular weight excluding hydrogens is 348 g/mol. The number of hydrogen-bond donors (Lipinski definition) is 0. The number of imide groups is 1. The van der Waals surface area contributed by atoms with Gasteiger partial charge < -0.3 is 13.9 Å². The zero-order valence-corrected chi connectivity index (χ0v) is 15.4. The van der Waals surface area contributed by atoms with Gasteiger partial charge in [-0.05, 0) is 38.8 Å². The summed E-state index contributed by atoms with van der Waals surface area (Å²) >= 11 is 0. The molecule has 3 aliphatic rings. The summed E-state index contributed by atoms with van der Waals surface area (Å²) in [5.74, 6) is -0.337. The molecule has 4 heterocycles. The van der Waals surface area contributed by atoms with Gasteiger partial charge >= 0.3 is 0 Å². The Balaban J connectivity index is 1.56. The maximum absolute atomic E-state index is 13.2. The molecule has 1 aromatic heterocycles. The average Bonchev–Trinajstić information content (AvgIpc) is 3.37. The van der Waals surface area contributed by atoms with Crippen molar-refractivity contribution in [2.75, 3.05) is 12.0 Å². The minimum Gasteiger partial charge on any atom is -0.496 e. The number of aromatic nitrogens is 1. The van der Waals surface area contributed by atoms with E-state index in [1.807, 2.05) is 13.8 Å². The van der Waals surface area contributed by atoms with Crippen LogP contribution < -0.4 is 9.64 Å². The molecule has 0 N–H and O–H groups in total. The third-order valence-corrected chi connectivity index (χ3v) is 6.31. The summed E-state index contributed by atoms with van der Waals surface area (Å²) in [6.45, 7) is 3.90. The van der Waals surface area contributed by atoms with Crippen molar-refractivity contribution in [2.24, 2.45) is 11.8 Å². The molecule has 3 aliphatic heterocycles. The van der Waals surface area contributed by atoms with Gasteiger partial charge in [-0.1, -0.05) is 0 Å². The van der Waals surface area contributed by atoms with Crippen LogP contribution in [0.4, 0.5) is 5.69 Å². The first-order valence-electron chi connectivity index (χ1n) is 9.04. The van der Waals surface area contributed by atoms with Crippen LogP contribution in [0.1, 0.15) is 26.7 Å². The Morgan fingerprint density at radius 1 is 1.15 bits per heavy atom. The summed E-state index contributed by atoms with van der Waals surface area (Å²) in [4.78, 5) is 31.8. The number of methoxy groups -OCH3 is 1. The third kappa shape index (κ3) is 2.03. The van der Waals surface area contributed by atoms with Gasteiger partial charge in [0, 0.05) is 6.07 Å². The van der Waals surface area contributed by atoms with E-state index in [-0.39, 0.29) is 11.8 Å². The van der Waals surface area contributed by atoms with Crippen LogP contribution in [0.15, 0.2) is 35.1 Å². The molecule has 5 rings (SSSR count). The number of nitrogens with zero attached hydrogens (tertiary/aromatic N) is 2. The average molecular weight is 368 g/mol. The largest absolute Gasteiger partial charge is 0.496 e. The lowest BCUT2D eigenvalue weighted by molar-refractivity contribution is -0.129. The number of anilines is 1. The van der Waals surface area contributed by atoms with Gasteiger partial charge in [0.15, 0.2) is 0 Å². The molecule has 27 heavy (non-hydrogen) atoms. The number of benzene rings is 1. The molecule has 1 aromatic carbocycles. The van der Waals surface area contributed by atoms with Crippen molar-refractivity contribution in [1.29, 1.82) is 0 Å². The molecule has 2 amide bonds. The summed E-state index contributed by atoms with van der Waals surface area (Å²) in [6.07, 6.45) is 4.62. The van der Waals surface area contributed by atoms with Gasteiger partial charge in [0.05, 0.1) is 47.6 Å². The van der Waals surface area contributed by atoms with E-state index in [4.69, 9.17) is 13.9 Å². The molecular formula is C20H20N2O5. The van der Waals surface area contributed by atoms with E-state index in [0.717, 1.165) is 12.8 Å². The Bertz CT molecular complexity index is 921. The van der Waals surface area contributed by atoms with E-state index in [1.165, 1.54) is 18.3 Å². The maximum Gasteiger partial charge on any atom is 0.240 e. The molecule has 2 aromatic rings.